The van der Waals surface area contributed by atoms with E-state index in [9.17, 15) is 4.79 Å². The topological polar surface area (TPSA) is 45.3 Å². The number of nitrogens with zero attached hydrogens (tertiary/aromatic N) is 1. The Bertz CT molecular complexity index is 938. The van der Waals surface area contributed by atoms with Crippen molar-refractivity contribution in [2.24, 2.45) is 5.92 Å². The van der Waals surface area contributed by atoms with Crippen LogP contribution in [0.1, 0.15) is 34.5 Å². The summed E-state index contributed by atoms with van der Waals surface area (Å²) < 4.78 is 5.88. The monoisotopic (exact) mass is 362 g/mol. The number of likely N-dealkylation sites (tertiary alicyclic amines) is 1. The Morgan fingerprint density at radius 3 is 2.59 bits per heavy atom. The van der Waals surface area contributed by atoms with Crippen LogP contribution in [0.25, 0.3) is 10.9 Å². The summed E-state index contributed by atoms with van der Waals surface area (Å²) in [5.74, 6) is 1.56. The van der Waals surface area contributed by atoms with E-state index in [0.717, 1.165) is 60.4 Å². The number of aromatic nitrogens is 1. The third-order valence-corrected chi connectivity index (χ3v) is 5.69. The minimum Gasteiger partial charge on any atom is -0.493 e. The van der Waals surface area contributed by atoms with E-state index in [0.29, 0.717) is 5.92 Å². The molecule has 1 aliphatic rings. The Labute approximate surface area is 160 Å². The summed E-state index contributed by atoms with van der Waals surface area (Å²) >= 11 is 0. The second-order valence-corrected chi connectivity index (χ2v) is 7.49. The zero-order valence-electron chi connectivity index (χ0n) is 16.0. The highest BCUT2D eigenvalue weighted by atomic mass is 16.5. The Hall–Kier alpha value is -2.75. The smallest absolute Gasteiger partial charge is 0.253 e. The van der Waals surface area contributed by atoms with Gasteiger partial charge >= 0.3 is 0 Å². The van der Waals surface area contributed by atoms with E-state index in [-0.39, 0.29) is 5.91 Å². The summed E-state index contributed by atoms with van der Waals surface area (Å²) in [7, 11) is 0. The van der Waals surface area contributed by atoms with Crippen molar-refractivity contribution < 1.29 is 9.53 Å². The molecular formula is C23H26N2O2. The van der Waals surface area contributed by atoms with Crippen molar-refractivity contribution in [1.82, 2.24) is 9.88 Å². The first-order chi connectivity index (χ1) is 13.1. The van der Waals surface area contributed by atoms with Crippen LogP contribution in [0.15, 0.2) is 48.5 Å². The fraction of sp³-hybridized carbons (Fsp3) is 0.348. The molecule has 0 atom stereocenters. The molecule has 1 fully saturated rings. The molecule has 0 bridgehead atoms. The first kappa shape index (κ1) is 17.7. The van der Waals surface area contributed by atoms with Crippen molar-refractivity contribution in [1.29, 1.82) is 0 Å². The minimum absolute atomic E-state index is 0.137. The van der Waals surface area contributed by atoms with Crippen molar-refractivity contribution in [2.45, 2.75) is 26.7 Å². The molecule has 1 N–H and O–H groups in total. The number of fused-ring (bicyclic) bond motifs is 1. The molecule has 1 aromatic heterocycles. The van der Waals surface area contributed by atoms with Crippen molar-refractivity contribution in [3.8, 4) is 5.75 Å². The van der Waals surface area contributed by atoms with Crippen LogP contribution in [-0.4, -0.2) is 35.5 Å². The molecule has 0 saturated carbocycles. The number of aryl methyl sites for hydroxylation is 2. The van der Waals surface area contributed by atoms with Crippen LogP contribution in [0.5, 0.6) is 5.75 Å². The van der Waals surface area contributed by atoms with Crippen LogP contribution >= 0.6 is 0 Å². The lowest BCUT2D eigenvalue weighted by Gasteiger charge is -2.32. The standard InChI is InChI=1S/C23H26N2O2/c1-16-17(2)24-22-9-8-19(14-21(16)22)23(26)25-12-10-18(11-13-25)15-27-20-6-4-3-5-7-20/h3-9,14,18,24H,10-13,15H2,1-2H3. The van der Waals surface area contributed by atoms with Crippen LogP contribution in [0, 0.1) is 19.8 Å². The lowest BCUT2D eigenvalue weighted by atomic mass is 9.97. The molecule has 1 saturated heterocycles. The van der Waals surface area contributed by atoms with E-state index in [2.05, 4.69) is 18.8 Å². The van der Waals surface area contributed by atoms with Gasteiger partial charge in [-0.3, -0.25) is 4.79 Å². The van der Waals surface area contributed by atoms with Gasteiger partial charge in [-0.05, 0) is 68.5 Å². The summed E-state index contributed by atoms with van der Waals surface area (Å²) in [5.41, 5.74) is 4.26. The zero-order chi connectivity index (χ0) is 18.8. The number of rotatable bonds is 4. The number of hydrogen-bond acceptors (Lipinski definition) is 2. The zero-order valence-corrected chi connectivity index (χ0v) is 16.0. The fourth-order valence-corrected chi connectivity index (χ4v) is 3.81. The normalized spacial score (nSPS) is 15.3. The van der Waals surface area contributed by atoms with E-state index in [1.54, 1.807) is 0 Å². The summed E-state index contributed by atoms with van der Waals surface area (Å²) in [4.78, 5) is 18.3. The van der Waals surface area contributed by atoms with Crippen LogP contribution in [0.4, 0.5) is 0 Å². The van der Waals surface area contributed by atoms with Crippen molar-refractivity contribution in [3.05, 3.63) is 65.4 Å². The maximum Gasteiger partial charge on any atom is 0.253 e. The van der Waals surface area contributed by atoms with E-state index >= 15 is 0 Å². The lowest BCUT2D eigenvalue weighted by molar-refractivity contribution is 0.0661. The Morgan fingerprint density at radius 2 is 1.85 bits per heavy atom. The number of carbonyl (C=O) groups excluding carboxylic acids is 1. The highest BCUT2D eigenvalue weighted by molar-refractivity contribution is 5.99. The maximum absolute atomic E-state index is 12.9. The first-order valence-electron chi connectivity index (χ1n) is 9.68. The Balaban J connectivity index is 1.36. The third-order valence-electron chi connectivity index (χ3n) is 5.69. The molecular weight excluding hydrogens is 336 g/mol. The van der Waals surface area contributed by atoms with Gasteiger partial charge in [0.2, 0.25) is 0 Å². The molecule has 4 heteroatoms. The minimum atomic E-state index is 0.137. The van der Waals surface area contributed by atoms with E-state index < -0.39 is 0 Å². The molecule has 1 amide bonds. The van der Waals surface area contributed by atoms with Gasteiger partial charge in [0.15, 0.2) is 0 Å². The molecule has 140 valence electrons. The van der Waals surface area contributed by atoms with Crippen molar-refractivity contribution in [2.75, 3.05) is 19.7 Å². The molecule has 4 rings (SSSR count). The molecule has 0 aliphatic carbocycles. The number of carbonyl (C=O) groups is 1. The summed E-state index contributed by atoms with van der Waals surface area (Å²) in [5, 5.41) is 1.14. The van der Waals surface area contributed by atoms with Crippen LogP contribution in [0.2, 0.25) is 0 Å². The highest BCUT2D eigenvalue weighted by Crippen LogP contribution is 2.25. The van der Waals surface area contributed by atoms with Crippen LogP contribution in [0.3, 0.4) is 0 Å². The summed E-state index contributed by atoms with van der Waals surface area (Å²) in [6.45, 7) is 6.48. The maximum atomic E-state index is 12.9. The second kappa shape index (κ2) is 7.47. The van der Waals surface area contributed by atoms with Crippen LogP contribution < -0.4 is 4.74 Å². The Kier molecular flexibility index (Phi) is 4.88. The molecule has 0 spiro atoms. The van der Waals surface area contributed by atoms with E-state index in [4.69, 9.17) is 4.74 Å². The van der Waals surface area contributed by atoms with Crippen molar-refractivity contribution >= 4 is 16.8 Å². The van der Waals surface area contributed by atoms with Gasteiger partial charge in [-0.15, -0.1) is 0 Å². The second-order valence-electron chi connectivity index (χ2n) is 7.49. The number of aromatic amines is 1. The summed E-state index contributed by atoms with van der Waals surface area (Å²) in [6.07, 6.45) is 1.98. The van der Waals surface area contributed by atoms with Gasteiger partial charge in [0, 0.05) is 35.2 Å². The summed E-state index contributed by atoms with van der Waals surface area (Å²) in [6, 6.07) is 15.9. The molecule has 4 nitrogen and oxygen atoms in total. The molecule has 3 aromatic rings. The number of hydrogen-bond donors (Lipinski definition) is 1. The first-order valence-corrected chi connectivity index (χ1v) is 9.68. The largest absolute Gasteiger partial charge is 0.493 e. The molecule has 0 radical (unpaired) electrons. The average Bonchev–Trinajstić information content (AvgIpc) is 3.00. The van der Waals surface area contributed by atoms with Gasteiger partial charge in [-0.2, -0.15) is 0 Å². The molecule has 0 unspecified atom stereocenters. The number of piperidine rings is 1. The van der Waals surface area contributed by atoms with Gasteiger partial charge in [0.1, 0.15) is 5.75 Å². The van der Waals surface area contributed by atoms with E-state index in [1.807, 2.05) is 53.4 Å². The van der Waals surface area contributed by atoms with Gasteiger partial charge in [-0.25, -0.2) is 0 Å². The van der Waals surface area contributed by atoms with Gasteiger partial charge < -0.3 is 14.6 Å². The third kappa shape index (κ3) is 3.70. The van der Waals surface area contributed by atoms with Crippen LogP contribution in [-0.2, 0) is 0 Å². The number of para-hydroxylation sites is 1. The number of ether oxygens (including phenoxy) is 1. The molecule has 1 aliphatic heterocycles. The predicted octanol–water partition coefficient (Wildman–Crippen LogP) is 4.72. The quantitative estimate of drug-likeness (QED) is 0.730. The number of amides is 1. The van der Waals surface area contributed by atoms with Crippen molar-refractivity contribution in [3.63, 3.8) is 0 Å². The highest BCUT2D eigenvalue weighted by Gasteiger charge is 2.24. The Morgan fingerprint density at radius 1 is 1.11 bits per heavy atom. The lowest BCUT2D eigenvalue weighted by Crippen LogP contribution is -2.39. The predicted molar refractivity (Wildman–Crippen MR) is 108 cm³/mol. The number of H-pyrrole nitrogens is 1. The van der Waals surface area contributed by atoms with E-state index in [1.165, 1.54) is 5.56 Å². The van der Waals surface area contributed by atoms with Gasteiger partial charge in [0.25, 0.3) is 5.91 Å². The average molecular weight is 362 g/mol. The van der Waals surface area contributed by atoms with Gasteiger partial charge in [0.05, 0.1) is 6.61 Å². The molecule has 2 aromatic carbocycles. The fourth-order valence-electron chi connectivity index (χ4n) is 3.81. The van der Waals surface area contributed by atoms with Gasteiger partial charge in [-0.1, -0.05) is 18.2 Å². The number of benzene rings is 2. The SMILES string of the molecule is Cc1[nH]c2ccc(C(=O)N3CCC(COc4ccccc4)CC3)cc2c1C. The molecule has 2 heterocycles. The molecule has 27 heavy (non-hydrogen) atoms. The number of nitrogens with one attached hydrogen (secondary N) is 1.